The van der Waals surface area contributed by atoms with Crippen molar-refractivity contribution >= 4 is 23.5 Å². The summed E-state index contributed by atoms with van der Waals surface area (Å²) in [5.74, 6) is -0.580. The van der Waals surface area contributed by atoms with Gasteiger partial charge >= 0.3 is 12.2 Å². The molecular weight excluding hydrogens is 463 g/mol. The van der Waals surface area contributed by atoms with Crippen molar-refractivity contribution < 1.29 is 27.6 Å². The molecule has 4 amide bonds. The third-order valence-corrected chi connectivity index (χ3v) is 6.48. The van der Waals surface area contributed by atoms with E-state index in [9.17, 15) is 27.6 Å². The van der Waals surface area contributed by atoms with Crippen LogP contribution in [-0.2, 0) is 22.3 Å². The minimum atomic E-state index is -4.47. The first kappa shape index (κ1) is 24.5. The number of nitrogens with one attached hydrogen (secondary N) is 1. The molecule has 2 aromatic rings. The van der Waals surface area contributed by atoms with Crippen LogP contribution in [0.4, 0.5) is 23.7 Å². The lowest BCUT2D eigenvalue weighted by molar-refractivity contribution is -0.166. The van der Waals surface area contributed by atoms with E-state index in [4.69, 9.17) is 0 Å². The summed E-state index contributed by atoms with van der Waals surface area (Å²) < 4.78 is 38.9. The van der Waals surface area contributed by atoms with Crippen molar-refractivity contribution in [1.82, 2.24) is 19.7 Å². The van der Waals surface area contributed by atoms with E-state index in [-0.39, 0.29) is 50.5 Å². The number of urea groups is 1. The number of piperazine rings is 1. The number of hydrogen-bond donors (Lipinski definition) is 1. The number of amides is 4. The van der Waals surface area contributed by atoms with Gasteiger partial charge in [-0.3, -0.25) is 14.6 Å². The van der Waals surface area contributed by atoms with Crippen molar-refractivity contribution in [1.29, 1.82) is 0 Å². The number of benzene rings is 1. The minimum absolute atomic E-state index is 0.0203. The topological polar surface area (TPSA) is 85.8 Å². The fourth-order valence-corrected chi connectivity index (χ4v) is 4.56. The minimum Gasteiger partial charge on any atom is -0.329 e. The Bertz CT molecular complexity index is 1110. The van der Waals surface area contributed by atoms with Gasteiger partial charge in [-0.05, 0) is 50.1 Å². The highest BCUT2D eigenvalue weighted by Crippen LogP contribution is 2.36. The van der Waals surface area contributed by atoms with E-state index in [1.54, 1.807) is 18.3 Å². The average Bonchev–Trinajstić information content (AvgIpc) is 3.26. The number of pyridine rings is 1. The first-order valence-corrected chi connectivity index (χ1v) is 11.2. The van der Waals surface area contributed by atoms with Crippen molar-refractivity contribution in [3.63, 3.8) is 0 Å². The quantitative estimate of drug-likeness (QED) is 0.714. The molecule has 1 aromatic carbocycles. The molecule has 4 rings (SSSR count). The zero-order valence-electron chi connectivity index (χ0n) is 19.4. The van der Waals surface area contributed by atoms with Crippen LogP contribution < -0.4 is 5.32 Å². The van der Waals surface area contributed by atoms with E-state index in [0.717, 1.165) is 12.1 Å². The SMILES string of the molecule is CC(C)N1CC(=O)N(Cc2ccc(C(F)(F)F)cc2)C2(CCN(C(=O)Nc3cccnc3)C2)C1=O. The molecule has 11 heteroatoms. The molecule has 2 aliphatic heterocycles. The van der Waals surface area contributed by atoms with Gasteiger partial charge in [0.05, 0.1) is 24.0 Å². The number of carbonyl (C=O) groups is 3. The van der Waals surface area contributed by atoms with Crippen LogP contribution in [0, 0.1) is 0 Å². The number of aromatic nitrogens is 1. The van der Waals surface area contributed by atoms with Crippen LogP contribution in [0.2, 0.25) is 0 Å². The van der Waals surface area contributed by atoms with Crippen LogP contribution in [-0.4, -0.2) is 68.7 Å². The van der Waals surface area contributed by atoms with Gasteiger partial charge in [0, 0.05) is 25.3 Å². The van der Waals surface area contributed by atoms with Gasteiger partial charge in [-0.25, -0.2) is 4.79 Å². The molecule has 35 heavy (non-hydrogen) atoms. The third-order valence-electron chi connectivity index (χ3n) is 6.48. The normalized spacial score (nSPS) is 20.8. The smallest absolute Gasteiger partial charge is 0.329 e. The Morgan fingerprint density at radius 2 is 1.89 bits per heavy atom. The summed E-state index contributed by atoms with van der Waals surface area (Å²) in [6, 6.07) is 7.25. The molecule has 1 atom stereocenters. The van der Waals surface area contributed by atoms with Crippen molar-refractivity contribution in [2.75, 3.05) is 25.0 Å². The van der Waals surface area contributed by atoms with Gasteiger partial charge in [0.2, 0.25) is 5.91 Å². The maximum absolute atomic E-state index is 13.7. The van der Waals surface area contributed by atoms with Gasteiger partial charge in [-0.1, -0.05) is 12.1 Å². The van der Waals surface area contributed by atoms with E-state index >= 15 is 0 Å². The van der Waals surface area contributed by atoms with Crippen LogP contribution in [0.5, 0.6) is 0 Å². The second kappa shape index (κ2) is 9.20. The Hall–Kier alpha value is -3.63. The Morgan fingerprint density at radius 3 is 2.49 bits per heavy atom. The molecular formula is C24H26F3N5O3. The molecule has 8 nitrogen and oxygen atoms in total. The van der Waals surface area contributed by atoms with Gasteiger partial charge < -0.3 is 20.0 Å². The lowest BCUT2D eigenvalue weighted by Gasteiger charge is -2.48. The van der Waals surface area contributed by atoms with Crippen molar-refractivity contribution in [2.24, 2.45) is 0 Å². The molecule has 0 saturated carbocycles. The molecule has 0 bridgehead atoms. The first-order chi connectivity index (χ1) is 16.5. The Balaban J connectivity index is 1.60. The Kier molecular flexibility index (Phi) is 6.44. The van der Waals surface area contributed by atoms with Crippen molar-refractivity contribution in [2.45, 2.75) is 44.6 Å². The summed E-state index contributed by atoms with van der Waals surface area (Å²) in [7, 11) is 0. The van der Waals surface area contributed by atoms with Gasteiger partial charge in [0.15, 0.2) is 0 Å². The van der Waals surface area contributed by atoms with E-state index in [0.29, 0.717) is 11.3 Å². The lowest BCUT2D eigenvalue weighted by Crippen LogP contribution is -2.69. The van der Waals surface area contributed by atoms with Gasteiger partial charge in [-0.2, -0.15) is 13.2 Å². The summed E-state index contributed by atoms with van der Waals surface area (Å²) in [6.07, 6.45) is -1.17. The highest BCUT2D eigenvalue weighted by Gasteiger charge is 2.57. The highest BCUT2D eigenvalue weighted by atomic mass is 19.4. The zero-order chi connectivity index (χ0) is 25.4. The van der Waals surface area contributed by atoms with Crippen LogP contribution in [0.15, 0.2) is 48.8 Å². The fourth-order valence-electron chi connectivity index (χ4n) is 4.56. The highest BCUT2D eigenvalue weighted by molar-refractivity contribution is 6.00. The number of carbonyl (C=O) groups excluding carboxylic acids is 3. The summed E-state index contributed by atoms with van der Waals surface area (Å²) in [5.41, 5.74) is -1.12. The number of rotatable bonds is 4. The summed E-state index contributed by atoms with van der Waals surface area (Å²) in [4.78, 5) is 48.2. The summed E-state index contributed by atoms with van der Waals surface area (Å²) in [6.45, 7) is 3.68. The maximum Gasteiger partial charge on any atom is 0.416 e. The predicted molar refractivity (Wildman–Crippen MR) is 121 cm³/mol. The molecule has 1 aromatic heterocycles. The predicted octanol–water partition coefficient (Wildman–Crippen LogP) is 3.36. The van der Waals surface area contributed by atoms with E-state index in [2.05, 4.69) is 10.3 Å². The number of alkyl halides is 3. The lowest BCUT2D eigenvalue weighted by atomic mass is 9.89. The van der Waals surface area contributed by atoms with Gasteiger partial charge in [0.1, 0.15) is 12.1 Å². The molecule has 2 fully saturated rings. The van der Waals surface area contributed by atoms with E-state index < -0.39 is 23.3 Å². The number of hydrogen-bond acceptors (Lipinski definition) is 4. The van der Waals surface area contributed by atoms with Crippen LogP contribution >= 0.6 is 0 Å². The molecule has 0 aliphatic carbocycles. The van der Waals surface area contributed by atoms with Crippen LogP contribution in [0.25, 0.3) is 0 Å². The Labute approximate surface area is 200 Å². The van der Waals surface area contributed by atoms with Crippen molar-refractivity contribution in [3.8, 4) is 0 Å². The molecule has 186 valence electrons. The molecule has 1 N–H and O–H groups in total. The van der Waals surface area contributed by atoms with E-state index in [1.165, 1.54) is 33.0 Å². The molecule has 0 radical (unpaired) electrons. The van der Waals surface area contributed by atoms with Gasteiger partial charge in [0.25, 0.3) is 5.91 Å². The van der Waals surface area contributed by atoms with Crippen molar-refractivity contribution in [3.05, 3.63) is 59.9 Å². The monoisotopic (exact) mass is 489 g/mol. The zero-order valence-corrected chi connectivity index (χ0v) is 19.4. The Morgan fingerprint density at radius 1 is 1.17 bits per heavy atom. The number of nitrogens with zero attached hydrogens (tertiary/aromatic N) is 4. The molecule has 2 aliphatic rings. The second-order valence-corrected chi connectivity index (χ2v) is 9.08. The number of likely N-dealkylation sites (tertiary alicyclic amines) is 1. The number of halogens is 3. The maximum atomic E-state index is 13.7. The molecule has 2 saturated heterocycles. The second-order valence-electron chi connectivity index (χ2n) is 9.08. The average molecular weight is 489 g/mol. The standard InChI is InChI=1S/C24H26F3N5O3/c1-16(2)31-14-20(33)32(13-17-5-7-18(8-6-17)24(25,26)27)23(21(31)34)9-11-30(15-23)22(35)29-19-4-3-10-28-12-19/h3-8,10,12,16H,9,11,13-15H2,1-2H3,(H,29,35). The number of anilines is 1. The van der Waals surface area contributed by atoms with Crippen LogP contribution in [0.1, 0.15) is 31.4 Å². The third kappa shape index (κ3) is 4.80. The molecule has 3 heterocycles. The summed E-state index contributed by atoms with van der Waals surface area (Å²) >= 11 is 0. The van der Waals surface area contributed by atoms with Crippen LogP contribution in [0.3, 0.4) is 0 Å². The largest absolute Gasteiger partial charge is 0.416 e. The first-order valence-electron chi connectivity index (χ1n) is 11.2. The molecule has 1 spiro atoms. The molecule has 1 unspecified atom stereocenters. The van der Waals surface area contributed by atoms with E-state index in [1.807, 2.05) is 13.8 Å². The summed E-state index contributed by atoms with van der Waals surface area (Å²) in [5, 5.41) is 2.74. The van der Waals surface area contributed by atoms with Gasteiger partial charge in [-0.15, -0.1) is 0 Å². The fraction of sp³-hybridized carbons (Fsp3) is 0.417.